The van der Waals surface area contributed by atoms with Crippen LogP contribution in [0.15, 0.2) is 12.4 Å². The highest BCUT2D eigenvalue weighted by Crippen LogP contribution is 2.19. The number of hydrogen-bond acceptors (Lipinski definition) is 3. The Balaban J connectivity index is 2.09. The van der Waals surface area contributed by atoms with Gasteiger partial charge >= 0.3 is 0 Å². The molecule has 88 valence electrons. The van der Waals surface area contributed by atoms with E-state index in [-0.39, 0.29) is 11.7 Å². The predicted octanol–water partition coefficient (Wildman–Crippen LogP) is 1.90. The molecule has 0 atom stereocenters. The van der Waals surface area contributed by atoms with E-state index in [1.165, 1.54) is 0 Å². The van der Waals surface area contributed by atoms with Crippen molar-refractivity contribution in [2.75, 3.05) is 13.2 Å². The quantitative estimate of drug-likeness (QED) is 0.731. The lowest BCUT2D eigenvalue weighted by molar-refractivity contribution is 0.0535. The average molecular weight is 222 g/mol. The molecule has 1 aromatic rings. The zero-order chi connectivity index (χ0) is 11.4. The van der Waals surface area contributed by atoms with Crippen molar-refractivity contribution in [1.82, 2.24) is 9.55 Å². The van der Waals surface area contributed by atoms with Crippen molar-refractivity contribution in [3.63, 3.8) is 0 Å². The van der Waals surface area contributed by atoms with Crippen molar-refractivity contribution in [2.24, 2.45) is 5.92 Å². The van der Waals surface area contributed by atoms with Gasteiger partial charge in [-0.15, -0.1) is 0 Å². The monoisotopic (exact) mass is 222 g/mol. The summed E-state index contributed by atoms with van der Waals surface area (Å²) in [4.78, 5) is 16.4. The summed E-state index contributed by atoms with van der Waals surface area (Å²) in [6, 6.07) is 0. The zero-order valence-electron chi connectivity index (χ0n) is 9.69. The first-order chi connectivity index (χ1) is 7.83. The first kappa shape index (κ1) is 11.3. The fourth-order valence-corrected chi connectivity index (χ4v) is 2.10. The second-order valence-corrected chi connectivity index (χ2v) is 4.20. The summed E-state index contributed by atoms with van der Waals surface area (Å²) in [6.07, 6.45) is 6.28. The van der Waals surface area contributed by atoms with Crippen LogP contribution in [-0.2, 0) is 11.3 Å². The number of carbonyl (C=O) groups excluding carboxylic acids is 1. The average Bonchev–Trinajstić information content (AvgIpc) is 2.78. The molecule has 2 heterocycles. The summed E-state index contributed by atoms with van der Waals surface area (Å²) >= 11 is 0. The maximum atomic E-state index is 12.2. The van der Waals surface area contributed by atoms with Crippen LogP contribution in [-0.4, -0.2) is 28.5 Å². The van der Waals surface area contributed by atoms with Crippen LogP contribution in [0, 0.1) is 5.92 Å². The van der Waals surface area contributed by atoms with Crippen molar-refractivity contribution >= 4 is 5.78 Å². The molecule has 0 N–H and O–H groups in total. The Labute approximate surface area is 95.6 Å². The molecule has 0 aromatic carbocycles. The number of nitrogens with zero attached hydrogens (tertiary/aromatic N) is 2. The van der Waals surface area contributed by atoms with Crippen LogP contribution in [0.25, 0.3) is 0 Å². The van der Waals surface area contributed by atoms with Crippen LogP contribution in [0.3, 0.4) is 0 Å². The molecule has 0 bridgehead atoms. The molecule has 0 unspecified atom stereocenters. The smallest absolute Gasteiger partial charge is 0.201 e. The van der Waals surface area contributed by atoms with Crippen LogP contribution in [0.4, 0.5) is 0 Å². The molecule has 1 aliphatic heterocycles. The van der Waals surface area contributed by atoms with Crippen molar-refractivity contribution in [2.45, 2.75) is 32.7 Å². The number of hydrogen-bond donors (Lipinski definition) is 0. The first-order valence-electron chi connectivity index (χ1n) is 5.96. The molecule has 0 amide bonds. The second kappa shape index (κ2) is 5.25. The van der Waals surface area contributed by atoms with Gasteiger partial charge in [-0.25, -0.2) is 4.98 Å². The van der Waals surface area contributed by atoms with Gasteiger partial charge in [0.2, 0.25) is 5.78 Å². The van der Waals surface area contributed by atoms with Crippen LogP contribution in [0.2, 0.25) is 0 Å². The van der Waals surface area contributed by atoms with Crippen molar-refractivity contribution in [3.8, 4) is 0 Å². The van der Waals surface area contributed by atoms with E-state index in [4.69, 9.17) is 4.74 Å². The second-order valence-electron chi connectivity index (χ2n) is 4.20. The minimum Gasteiger partial charge on any atom is -0.381 e. The molecule has 4 heteroatoms. The van der Waals surface area contributed by atoms with Gasteiger partial charge in [0.25, 0.3) is 0 Å². The number of rotatable bonds is 4. The van der Waals surface area contributed by atoms with E-state index in [1.807, 2.05) is 10.8 Å². The molecule has 1 aliphatic rings. The Morgan fingerprint density at radius 1 is 1.56 bits per heavy atom. The molecule has 1 fully saturated rings. The third-order valence-corrected chi connectivity index (χ3v) is 2.99. The highest BCUT2D eigenvalue weighted by Gasteiger charge is 2.25. The Bertz CT molecular complexity index is 354. The van der Waals surface area contributed by atoms with Crippen LogP contribution >= 0.6 is 0 Å². The van der Waals surface area contributed by atoms with Crippen molar-refractivity contribution in [1.29, 1.82) is 0 Å². The number of imidazole rings is 1. The Hall–Kier alpha value is -1.16. The molecular weight excluding hydrogens is 204 g/mol. The minimum atomic E-state index is 0.103. The largest absolute Gasteiger partial charge is 0.381 e. The summed E-state index contributed by atoms with van der Waals surface area (Å²) < 4.78 is 7.22. The number of ketones is 1. The lowest BCUT2D eigenvalue weighted by atomic mass is 9.95. The standard InChI is InChI=1S/C12H18N2O2/c1-2-6-14-7-5-13-12(14)11(15)10-3-8-16-9-4-10/h5,7,10H,2-4,6,8-9H2,1H3. The first-order valence-corrected chi connectivity index (χ1v) is 5.96. The molecule has 0 radical (unpaired) electrons. The minimum absolute atomic E-state index is 0.103. The van der Waals surface area contributed by atoms with E-state index in [0.717, 1.165) is 25.8 Å². The molecule has 4 nitrogen and oxygen atoms in total. The van der Waals surface area contributed by atoms with Gasteiger partial charge in [0.1, 0.15) is 0 Å². The van der Waals surface area contributed by atoms with E-state index < -0.39 is 0 Å². The summed E-state index contributed by atoms with van der Waals surface area (Å²) in [5.74, 6) is 0.905. The van der Waals surface area contributed by atoms with Crippen LogP contribution < -0.4 is 0 Å². The fraction of sp³-hybridized carbons (Fsp3) is 0.667. The zero-order valence-corrected chi connectivity index (χ0v) is 9.69. The Kier molecular flexibility index (Phi) is 3.72. The van der Waals surface area contributed by atoms with Gasteiger partial charge in [-0.3, -0.25) is 4.79 Å². The highest BCUT2D eigenvalue weighted by molar-refractivity contribution is 5.94. The van der Waals surface area contributed by atoms with Gasteiger partial charge in [-0.1, -0.05) is 6.92 Å². The van der Waals surface area contributed by atoms with Crippen molar-refractivity contribution < 1.29 is 9.53 Å². The predicted molar refractivity (Wildman–Crippen MR) is 60.4 cm³/mol. The van der Waals surface area contributed by atoms with Gasteiger partial charge in [0.15, 0.2) is 5.82 Å². The lowest BCUT2D eigenvalue weighted by Gasteiger charge is -2.20. The number of Topliss-reactive ketones (excluding diaryl/α,β-unsaturated/α-hetero) is 1. The van der Waals surface area contributed by atoms with E-state index >= 15 is 0 Å². The summed E-state index contributed by atoms with van der Waals surface area (Å²) in [5, 5.41) is 0. The van der Waals surface area contributed by atoms with E-state index in [0.29, 0.717) is 19.0 Å². The van der Waals surface area contributed by atoms with E-state index in [9.17, 15) is 4.79 Å². The molecule has 16 heavy (non-hydrogen) atoms. The highest BCUT2D eigenvalue weighted by atomic mass is 16.5. The van der Waals surface area contributed by atoms with Gasteiger partial charge in [0, 0.05) is 38.1 Å². The third kappa shape index (κ3) is 2.32. The van der Waals surface area contributed by atoms with Crippen molar-refractivity contribution in [3.05, 3.63) is 18.2 Å². The van der Waals surface area contributed by atoms with Crippen LogP contribution in [0.1, 0.15) is 36.8 Å². The van der Waals surface area contributed by atoms with Gasteiger partial charge in [0.05, 0.1) is 0 Å². The SMILES string of the molecule is CCCn1ccnc1C(=O)C1CCOCC1. The topological polar surface area (TPSA) is 44.1 Å². The molecule has 2 rings (SSSR count). The molecule has 0 saturated carbocycles. The molecule has 1 saturated heterocycles. The van der Waals surface area contributed by atoms with Gasteiger partial charge < -0.3 is 9.30 Å². The molecular formula is C12H18N2O2. The normalized spacial score (nSPS) is 17.6. The Morgan fingerprint density at radius 3 is 3.00 bits per heavy atom. The number of aryl methyl sites for hydroxylation is 1. The molecule has 1 aromatic heterocycles. The van der Waals surface area contributed by atoms with E-state index in [1.54, 1.807) is 6.20 Å². The number of carbonyl (C=O) groups is 1. The molecule has 0 aliphatic carbocycles. The van der Waals surface area contributed by atoms with Gasteiger partial charge in [-0.2, -0.15) is 0 Å². The maximum Gasteiger partial charge on any atom is 0.201 e. The van der Waals surface area contributed by atoms with E-state index in [2.05, 4.69) is 11.9 Å². The molecule has 0 spiro atoms. The van der Waals surface area contributed by atoms with Gasteiger partial charge in [-0.05, 0) is 19.3 Å². The lowest BCUT2D eigenvalue weighted by Crippen LogP contribution is -2.26. The van der Waals surface area contributed by atoms with Crippen LogP contribution in [0.5, 0.6) is 0 Å². The summed E-state index contributed by atoms with van der Waals surface area (Å²) in [6.45, 7) is 4.36. The summed E-state index contributed by atoms with van der Waals surface area (Å²) in [5.41, 5.74) is 0. The number of ether oxygens (including phenoxy) is 1. The number of aromatic nitrogens is 2. The fourth-order valence-electron chi connectivity index (χ4n) is 2.10. The summed E-state index contributed by atoms with van der Waals surface area (Å²) in [7, 11) is 0. The maximum absolute atomic E-state index is 12.2. The Morgan fingerprint density at radius 2 is 2.31 bits per heavy atom. The third-order valence-electron chi connectivity index (χ3n) is 2.99.